The number of benzene rings is 1. The van der Waals surface area contributed by atoms with Crippen molar-refractivity contribution < 1.29 is 18.3 Å². The first-order valence-corrected chi connectivity index (χ1v) is 14.7. The van der Waals surface area contributed by atoms with Gasteiger partial charge in [0.1, 0.15) is 17.4 Å². The number of thiophene rings is 1. The van der Waals surface area contributed by atoms with E-state index >= 15 is 4.39 Å². The summed E-state index contributed by atoms with van der Waals surface area (Å²) in [7, 11) is 1.67. The molecule has 1 saturated heterocycles. The third kappa shape index (κ3) is 5.25. The molecule has 1 amide bonds. The van der Waals surface area contributed by atoms with Crippen LogP contribution in [0.1, 0.15) is 26.3 Å². The van der Waals surface area contributed by atoms with Crippen molar-refractivity contribution in [2.45, 2.75) is 32.4 Å². The van der Waals surface area contributed by atoms with E-state index in [4.69, 9.17) is 9.72 Å². The Kier molecular flexibility index (Phi) is 7.43. The zero-order valence-electron chi connectivity index (χ0n) is 23.9. The van der Waals surface area contributed by atoms with Gasteiger partial charge in [-0.2, -0.15) is 5.10 Å². The molecule has 1 aromatic carbocycles. The molecule has 0 radical (unpaired) electrons. The van der Waals surface area contributed by atoms with E-state index < -0.39 is 11.6 Å². The molecule has 1 aliphatic rings. The Hall–Kier alpha value is -4.64. The van der Waals surface area contributed by atoms with Crippen molar-refractivity contribution in [3.63, 3.8) is 0 Å². The molecule has 1 aliphatic heterocycles. The van der Waals surface area contributed by atoms with E-state index in [1.165, 1.54) is 34.1 Å². The molecule has 0 bridgehead atoms. The third-order valence-electron chi connectivity index (χ3n) is 7.50. The largest absolute Gasteiger partial charge is 0.490 e. The number of hydrogen-bond donors (Lipinski definition) is 0. The summed E-state index contributed by atoms with van der Waals surface area (Å²) in [6.45, 7) is 8.24. The molecule has 4 aromatic heterocycles. The van der Waals surface area contributed by atoms with Gasteiger partial charge in [-0.3, -0.25) is 14.3 Å². The first-order chi connectivity index (χ1) is 20.6. The maximum Gasteiger partial charge on any atom is 0.250 e. The Morgan fingerprint density at radius 1 is 1.14 bits per heavy atom. The average Bonchev–Trinajstić information content (AvgIpc) is 3.74. The summed E-state index contributed by atoms with van der Waals surface area (Å²) in [6, 6.07) is 7.07. The fourth-order valence-corrected chi connectivity index (χ4v) is 6.45. The summed E-state index contributed by atoms with van der Waals surface area (Å²) in [5, 5.41) is 7.26. The minimum atomic E-state index is -0.773. The lowest BCUT2D eigenvalue weighted by Gasteiger charge is -2.19. The Morgan fingerprint density at radius 3 is 2.70 bits per heavy atom. The van der Waals surface area contributed by atoms with Gasteiger partial charge in [-0.15, -0.1) is 11.3 Å². The second-order valence-corrected chi connectivity index (χ2v) is 11.7. The van der Waals surface area contributed by atoms with Gasteiger partial charge in [-0.1, -0.05) is 6.58 Å². The number of likely N-dealkylation sites (tertiary alicyclic amines) is 1. The normalized spacial score (nSPS) is 15.0. The number of hydrogen-bond acceptors (Lipinski definition) is 6. The van der Waals surface area contributed by atoms with Crippen LogP contribution >= 0.6 is 11.3 Å². The number of rotatable bonds is 7. The summed E-state index contributed by atoms with van der Waals surface area (Å²) in [5.41, 5.74) is 2.77. The number of carbonyl (C=O) groups is 1. The molecule has 5 heterocycles. The van der Waals surface area contributed by atoms with E-state index in [-0.39, 0.29) is 34.9 Å². The Morgan fingerprint density at radius 2 is 1.95 bits per heavy atom. The van der Waals surface area contributed by atoms with Crippen molar-refractivity contribution in [3.8, 4) is 39.4 Å². The maximum absolute atomic E-state index is 15.9. The minimum absolute atomic E-state index is 0.0583. The number of carbonyl (C=O) groups excluding carboxylic acids is 1. The molecule has 220 valence electrons. The fourth-order valence-electron chi connectivity index (χ4n) is 5.51. The molecule has 1 fully saturated rings. The van der Waals surface area contributed by atoms with Gasteiger partial charge in [0.2, 0.25) is 11.5 Å². The van der Waals surface area contributed by atoms with E-state index in [9.17, 15) is 14.0 Å². The summed E-state index contributed by atoms with van der Waals surface area (Å²) < 4.78 is 40.3. The smallest absolute Gasteiger partial charge is 0.250 e. The van der Waals surface area contributed by atoms with Crippen molar-refractivity contribution in [1.29, 1.82) is 0 Å². The van der Waals surface area contributed by atoms with Crippen LogP contribution in [0.3, 0.4) is 0 Å². The fraction of sp³-hybridized carbons (Fsp3) is 0.250. The van der Waals surface area contributed by atoms with Crippen molar-refractivity contribution in [1.82, 2.24) is 24.2 Å². The van der Waals surface area contributed by atoms with E-state index in [1.807, 2.05) is 17.6 Å². The highest BCUT2D eigenvalue weighted by Gasteiger charge is 2.29. The molecule has 11 heteroatoms. The first-order valence-electron chi connectivity index (χ1n) is 13.8. The molecule has 5 aromatic rings. The van der Waals surface area contributed by atoms with Crippen molar-refractivity contribution in [3.05, 3.63) is 88.9 Å². The highest BCUT2D eigenvalue weighted by atomic mass is 32.1. The van der Waals surface area contributed by atoms with Crippen LogP contribution in [0.5, 0.6) is 5.75 Å². The zero-order valence-corrected chi connectivity index (χ0v) is 24.7. The van der Waals surface area contributed by atoms with Crippen LogP contribution in [0.15, 0.2) is 71.8 Å². The quantitative estimate of drug-likeness (QED) is 0.207. The molecule has 0 N–H and O–H groups in total. The van der Waals surface area contributed by atoms with Crippen LogP contribution in [-0.4, -0.2) is 49.3 Å². The van der Waals surface area contributed by atoms with Crippen LogP contribution < -0.4 is 10.3 Å². The lowest BCUT2D eigenvalue weighted by molar-refractivity contribution is -0.125. The Balaban J connectivity index is 1.60. The maximum atomic E-state index is 15.9. The highest BCUT2D eigenvalue weighted by Crippen LogP contribution is 2.47. The van der Waals surface area contributed by atoms with Gasteiger partial charge in [0.05, 0.1) is 35.3 Å². The van der Waals surface area contributed by atoms with Gasteiger partial charge in [0, 0.05) is 77.5 Å². The second kappa shape index (κ2) is 11.2. The van der Waals surface area contributed by atoms with Gasteiger partial charge < -0.3 is 14.2 Å². The number of ether oxygens (including phenoxy) is 1. The first kappa shape index (κ1) is 28.5. The molecule has 6 rings (SSSR count). The van der Waals surface area contributed by atoms with Crippen LogP contribution in [0.2, 0.25) is 0 Å². The van der Waals surface area contributed by atoms with Gasteiger partial charge in [0.25, 0.3) is 0 Å². The number of fused-ring (bicyclic) bond motifs is 1. The molecule has 1 atom stereocenters. The summed E-state index contributed by atoms with van der Waals surface area (Å²) in [5.74, 6) is -1.58. The monoisotopic (exact) mass is 601 g/mol. The molecule has 8 nitrogen and oxygen atoms in total. The SMILES string of the molecule is C=CC(=O)N1CC[C@H](n2cc(-c3nc(-c4ccc(=O)n(C)c4)c4ccsc4c3-c3c(F)cc(F)cc3OC(C)C)cn2)C1. The highest BCUT2D eigenvalue weighted by molar-refractivity contribution is 7.18. The molecule has 43 heavy (non-hydrogen) atoms. The third-order valence-corrected chi connectivity index (χ3v) is 8.43. The van der Waals surface area contributed by atoms with Gasteiger partial charge in [-0.25, -0.2) is 13.8 Å². The Labute approximate surface area is 250 Å². The molecular formula is C32H29F2N5O3S. The zero-order chi connectivity index (χ0) is 30.4. The molecule has 0 saturated carbocycles. The van der Waals surface area contributed by atoms with Gasteiger partial charge in [0.15, 0.2) is 0 Å². The van der Waals surface area contributed by atoms with Crippen LogP contribution in [-0.2, 0) is 11.8 Å². The predicted octanol–water partition coefficient (Wildman–Crippen LogP) is 6.22. The van der Waals surface area contributed by atoms with Crippen molar-refractivity contribution >= 4 is 27.3 Å². The van der Waals surface area contributed by atoms with Crippen molar-refractivity contribution in [2.24, 2.45) is 7.05 Å². The number of nitrogens with zero attached hydrogens (tertiary/aromatic N) is 5. The summed E-state index contributed by atoms with van der Waals surface area (Å²) >= 11 is 1.41. The number of amides is 1. The van der Waals surface area contributed by atoms with Crippen LogP contribution in [0.25, 0.3) is 43.7 Å². The van der Waals surface area contributed by atoms with E-state index in [2.05, 4.69) is 11.7 Å². The number of pyridine rings is 2. The van der Waals surface area contributed by atoms with E-state index in [0.717, 1.165) is 16.2 Å². The number of halogens is 2. The van der Waals surface area contributed by atoms with Crippen molar-refractivity contribution in [2.75, 3.05) is 13.1 Å². The van der Waals surface area contributed by atoms with Gasteiger partial charge >= 0.3 is 0 Å². The summed E-state index contributed by atoms with van der Waals surface area (Å²) in [6.07, 6.45) is 6.90. The van der Waals surface area contributed by atoms with Gasteiger partial charge in [-0.05, 0) is 43.9 Å². The Bertz CT molecular complexity index is 1940. The van der Waals surface area contributed by atoms with Crippen LogP contribution in [0, 0.1) is 11.6 Å². The molecular weight excluding hydrogens is 572 g/mol. The number of aromatic nitrogens is 4. The lowest BCUT2D eigenvalue weighted by Crippen LogP contribution is -2.27. The minimum Gasteiger partial charge on any atom is -0.490 e. The van der Waals surface area contributed by atoms with E-state index in [1.54, 1.807) is 48.9 Å². The second-order valence-electron chi connectivity index (χ2n) is 10.8. The molecule has 0 aliphatic carbocycles. The number of aryl methyl sites for hydroxylation is 1. The lowest BCUT2D eigenvalue weighted by atomic mass is 9.96. The molecule has 0 unspecified atom stereocenters. The topological polar surface area (TPSA) is 82.2 Å². The van der Waals surface area contributed by atoms with E-state index in [0.29, 0.717) is 47.6 Å². The average molecular weight is 602 g/mol. The molecule has 0 spiro atoms. The van der Waals surface area contributed by atoms with Crippen LogP contribution in [0.4, 0.5) is 8.78 Å². The summed E-state index contributed by atoms with van der Waals surface area (Å²) in [4.78, 5) is 31.1. The standard InChI is InChI=1S/C32H29F2N5O3S/c1-5-26(40)38-10-8-22(17-38)39-16-20(14-35-39)31-29(28-24(34)12-21(33)13-25(28)42-18(2)3)32-23(9-11-43-32)30(36-31)19-6-7-27(41)37(4)15-19/h5-7,9,11-16,18,22H,1,8,10,17H2,2-4H3/t22-/m0/s1. The predicted molar refractivity (Wildman–Crippen MR) is 163 cm³/mol.